The molecule has 0 radical (unpaired) electrons. The Morgan fingerprint density at radius 2 is 1.94 bits per heavy atom. The van der Waals surface area contributed by atoms with Gasteiger partial charge in [0.2, 0.25) is 10.0 Å². The maximum absolute atomic E-state index is 13.0. The van der Waals surface area contributed by atoms with E-state index in [1.165, 1.54) is 6.26 Å². The van der Waals surface area contributed by atoms with Crippen LogP contribution < -0.4 is 10.2 Å². The lowest BCUT2D eigenvalue weighted by Gasteiger charge is -2.36. The van der Waals surface area contributed by atoms with E-state index in [0.29, 0.717) is 33.7 Å². The van der Waals surface area contributed by atoms with Crippen molar-refractivity contribution in [3.63, 3.8) is 0 Å². The molecule has 2 heterocycles. The van der Waals surface area contributed by atoms with Crippen LogP contribution in [0, 0.1) is 17.8 Å². The highest BCUT2D eigenvalue weighted by Gasteiger charge is 2.24. The summed E-state index contributed by atoms with van der Waals surface area (Å²) < 4.78 is 36.0. The van der Waals surface area contributed by atoms with Crippen LogP contribution in [0.25, 0.3) is 22.1 Å². The molecule has 1 aliphatic heterocycles. The van der Waals surface area contributed by atoms with Gasteiger partial charge < -0.3 is 14.1 Å². The van der Waals surface area contributed by atoms with Crippen molar-refractivity contribution >= 4 is 26.7 Å². The van der Waals surface area contributed by atoms with E-state index in [0.717, 1.165) is 44.5 Å². The first-order valence-corrected chi connectivity index (χ1v) is 12.6. The number of anilines is 1. The van der Waals surface area contributed by atoms with Gasteiger partial charge in [0.15, 0.2) is 5.43 Å². The largest absolute Gasteiger partial charge is 0.463 e. The minimum Gasteiger partial charge on any atom is -0.463 e. The van der Waals surface area contributed by atoms with Crippen LogP contribution in [0.3, 0.4) is 0 Å². The number of fused-ring (bicyclic) bond motifs is 1. The van der Waals surface area contributed by atoms with Gasteiger partial charge in [-0.3, -0.25) is 9.52 Å². The minimum absolute atomic E-state index is 0.148. The SMILES string of the molecule is COCCCN1CC(C#Cc2ccc3c(=O)c(-c4ccc(NS(C)(=O)=O)cc4)coc3c2)C1. The van der Waals surface area contributed by atoms with E-state index in [-0.39, 0.29) is 5.43 Å². The summed E-state index contributed by atoms with van der Waals surface area (Å²) >= 11 is 0. The molecule has 0 aliphatic carbocycles. The van der Waals surface area contributed by atoms with E-state index < -0.39 is 10.0 Å². The molecule has 1 aliphatic rings. The van der Waals surface area contributed by atoms with Crippen LogP contribution in [0.5, 0.6) is 0 Å². The standard InChI is InChI=1S/C25H26N2O5S/c1-31-13-3-12-27-15-19(16-27)5-4-18-6-11-22-24(14-18)32-17-23(25(22)28)20-7-9-21(10-8-20)26-33(2,29)30/h6-11,14,17,19,26H,3,12-13,15-16H2,1-2H3. The zero-order chi connectivity index (χ0) is 23.4. The van der Waals surface area contributed by atoms with Crippen LogP contribution >= 0.6 is 0 Å². The molecule has 0 saturated carbocycles. The zero-order valence-corrected chi connectivity index (χ0v) is 19.4. The molecule has 0 atom stereocenters. The highest BCUT2D eigenvalue weighted by Crippen LogP contribution is 2.23. The van der Waals surface area contributed by atoms with Gasteiger partial charge in [-0.15, -0.1) is 0 Å². The van der Waals surface area contributed by atoms with E-state index in [1.807, 2.05) is 6.07 Å². The third kappa shape index (κ3) is 5.82. The summed E-state index contributed by atoms with van der Waals surface area (Å²) in [6.45, 7) is 3.76. The van der Waals surface area contributed by atoms with Gasteiger partial charge in [-0.25, -0.2) is 8.42 Å². The van der Waals surface area contributed by atoms with Crippen LogP contribution in [0.15, 0.2) is 57.9 Å². The maximum Gasteiger partial charge on any atom is 0.229 e. The van der Waals surface area contributed by atoms with E-state index in [2.05, 4.69) is 21.5 Å². The van der Waals surface area contributed by atoms with E-state index >= 15 is 0 Å². The number of nitrogens with zero attached hydrogens (tertiary/aromatic N) is 1. The average Bonchev–Trinajstić information content (AvgIpc) is 2.74. The van der Waals surface area contributed by atoms with Crippen molar-refractivity contribution in [2.75, 3.05) is 44.3 Å². The van der Waals surface area contributed by atoms with Gasteiger partial charge in [0.25, 0.3) is 0 Å². The summed E-state index contributed by atoms with van der Waals surface area (Å²) in [6, 6.07) is 12.0. The summed E-state index contributed by atoms with van der Waals surface area (Å²) in [5.74, 6) is 6.86. The molecule has 1 fully saturated rings. The number of hydrogen-bond acceptors (Lipinski definition) is 6. The molecule has 3 aromatic rings. The van der Waals surface area contributed by atoms with Gasteiger partial charge in [0.1, 0.15) is 11.8 Å². The highest BCUT2D eigenvalue weighted by atomic mass is 32.2. The van der Waals surface area contributed by atoms with Crippen LogP contribution in [-0.2, 0) is 14.8 Å². The molecule has 0 spiro atoms. The highest BCUT2D eigenvalue weighted by molar-refractivity contribution is 7.92. The third-order valence-electron chi connectivity index (χ3n) is 5.47. The second-order valence-electron chi connectivity index (χ2n) is 8.21. The molecule has 33 heavy (non-hydrogen) atoms. The Hall–Kier alpha value is -3.12. The Balaban J connectivity index is 1.47. The molecule has 0 bridgehead atoms. The van der Waals surface area contributed by atoms with E-state index in [4.69, 9.17) is 9.15 Å². The fourth-order valence-corrected chi connectivity index (χ4v) is 4.36. The molecular weight excluding hydrogens is 440 g/mol. The van der Waals surface area contributed by atoms with Crippen molar-refractivity contribution in [1.82, 2.24) is 4.90 Å². The molecule has 1 N–H and O–H groups in total. The number of ether oxygens (including phenoxy) is 1. The number of benzene rings is 2. The van der Waals surface area contributed by atoms with Crippen molar-refractivity contribution in [2.45, 2.75) is 6.42 Å². The van der Waals surface area contributed by atoms with Crippen molar-refractivity contribution in [3.8, 4) is 23.0 Å². The topological polar surface area (TPSA) is 88.9 Å². The Morgan fingerprint density at radius 3 is 2.64 bits per heavy atom. The number of methoxy groups -OCH3 is 1. The number of hydrogen-bond donors (Lipinski definition) is 1. The Bertz CT molecular complexity index is 1360. The molecule has 1 aromatic heterocycles. The molecule has 0 unspecified atom stereocenters. The Labute approximate surface area is 193 Å². The molecule has 7 nitrogen and oxygen atoms in total. The molecule has 0 amide bonds. The second kappa shape index (κ2) is 9.79. The predicted octanol–water partition coefficient (Wildman–Crippen LogP) is 3.15. The van der Waals surface area contributed by atoms with Crippen molar-refractivity contribution < 1.29 is 17.6 Å². The third-order valence-corrected chi connectivity index (χ3v) is 6.08. The van der Waals surface area contributed by atoms with Crippen LogP contribution in [0.2, 0.25) is 0 Å². The Morgan fingerprint density at radius 1 is 1.18 bits per heavy atom. The monoisotopic (exact) mass is 466 g/mol. The molecule has 172 valence electrons. The van der Waals surface area contributed by atoms with Crippen LogP contribution in [0.4, 0.5) is 5.69 Å². The lowest BCUT2D eigenvalue weighted by Crippen LogP contribution is -2.46. The van der Waals surface area contributed by atoms with Crippen molar-refractivity contribution in [2.24, 2.45) is 5.92 Å². The smallest absolute Gasteiger partial charge is 0.229 e. The fourth-order valence-electron chi connectivity index (χ4n) is 3.80. The van der Waals surface area contributed by atoms with Gasteiger partial charge >= 0.3 is 0 Å². The van der Waals surface area contributed by atoms with Gasteiger partial charge in [-0.1, -0.05) is 24.0 Å². The number of rotatable bonds is 7. The summed E-state index contributed by atoms with van der Waals surface area (Å²) in [7, 11) is -1.64. The van der Waals surface area contributed by atoms with Crippen LogP contribution in [0.1, 0.15) is 12.0 Å². The van der Waals surface area contributed by atoms with Gasteiger partial charge in [-0.05, 0) is 42.3 Å². The first-order chi connectivity index (χ1) is 15.8. The molecule has 8 heteroatoms. The van der Waals surface area contributed by atoms with Gasteiger partial charge in [0.05, 0.1) is 17.2 Å². The maximum atomic E-state index is 13.0. The lowest BCUT2D eigenvalue weighted by molar-refractivity contribution is 0.113. The van der Waals surface area contributed by atoms with E-state index in [9.17, 15) is 13.2 Å². The fraction of sp³-hybridized carbons (Fsp3) is 0.320. The van der Waals surface area contributed by atoms with Gasteiger partial charge in [0, 0.05) is 50.5 Å². The number of sulfonamides is 1. The van der Waals surface area contributed by atoms with Crippen LogP contribution in [-0.4, -0.2) is 52.9 Å². The first kappa shape index (κ1) is 23.1. The molecule has 1 saturated heterocycles. The van der Waals surface area contributed by atoms with Crippen molar-refractivity contribution in [1.29, 1.82) is 0 Å². The summed E-state index contributed by atoms with van der Waals surface area (Å²) in [5, 5.41) is 0.476. The Kier molecular flexibility index (Phi) is 6.84. The molecule has 4 rings (SSSR count). The number of nitrogens with one attached hydrogen (secondary N) is 1. The van der Waals surface area contributed by atoms with Gasteiger partial charge in [-0.2, -0.15) is 0 Å². The second-order valence-corrected chi connectivity index (χ2v) is 9.96. The average molecular weight is 467 g/mol. The summed E-state index contributed by atoms with van der Waals surface area (Å²) in [4.78, 5) is 15.4. The van der Waals surface area contributed by atoms with E-state index in [1.54, 1.807) is 43.5 Å². The quantitative estimate of drug-likeness (QED) is 0.425. The zero-order valence-electron chi connectivity index (χ0n) is 18.6. The summed E-state index contributed by atoms with van der Waals surface area (Å²) in [5.41, 5.74) is 2.64. The normalized spacial score (nSPS) is 14.5. The number of likely N-dealkylation sites (tertiary alicyclic amines) is 1. The first-order valence-electron chi connectivity index (χ1n) is 10.7. The lowest BCUT2D eigenvalue weighted by atomic mass is 10.00. The molecular formula is C25H26N2O5S. The minimum atomic E-state index is -3.36. The molecule has 2 aromatic carbocycles. The van der Waals surface area contributed by atoms with Crippen molar-refractivity contribution in [3.05, 3.63) is 64.5 Å². The summed E-state index contributed by atoms with van der Waals surface area (Å²) in [6.07, 6.45) is 3.55. The predicted molar refractivity (Wildman–Crippen MR) is 130 cm³/mol.